The second-order valence-corrected chi connectivity index (χ2v) is 5.73. The van der Waals surface area contributed by atoms with Crippen LogP contribution in [0.5, 0.6) is 0 Å². The molecular formula is C21H22N2O3. The van der Waals surface area contributed by atoms with Crippen LogP contribution in [0, 0.1) is 18.3 Å². The molecule has 0 aliphatic rings. The van der Waals surface area contributed by atoms with E-state index in [4.69, 9.17) is 10.00 Å². The number of hydrogen-bond acceptors (Lipinski definition) is 4. The fourth-order valence-corrected chi connectivity index (χ4v) is 1.72. The zero-order chi connectivity index (χ0) is 19.4. The van der Waals surface area contributed by atoms with Crippen molar-refractivity contribution in [3.8, 4) is 6.07 Å². The van der Waals surface area contributed by atoms with Crippen LogP contribution in [-0.2, 0) is 20.9 Å². The van der Waals surface area contributed by atoms with Gasteiger partial charge in [-0.05, 0) is 36.3 Å². The van der Waals surface area contributed by atoms with E-state index in [0.717, 1.165) is 17.5 Å². The Balaban J connectivity index is 0.000000597. The summed E-state index contributed by atoms with van der Waals surface area (Å²) in [6, 6.07) is 16.9. The minimum atomic E-state index is -0.389. The third-order valence-electron chi connectivity index (χ3n) is 3.16. The molecule has 134 valence electrons. The summed E-state index contributed by atoms with van der Waals surface area (Å²) in [5, 5.41) is 8.70. The van der Waals surface area contributed by atoms with E-state index in [1.165, 1.54) is 16.5 Å². The van der Waals surface area contributed by atoms with Crippen LogP contribution >= 0.6 is 0 Å². The molecule has 1 amide bonds. The largest absolute Gasteiger partial charge is 0.458 e. The smallest absolute Gasteiger partial charge is 0.331 e. The highest BCUT2D eigenvalue weighted by Gasteiger charge is 1.99. The Hall–Kier alpha value is -3.39. The first kappa shape index (κ1) is 20.7. The third kappa shape index (κ3) is 8.46. The van der Waals surface area contributed by atoms with Gasteiger partial charge in [0.1, 0.15) is 6.61 Å². The van der Waals surface area contributed by atoms with Gasteiger partial charge in [0.05, 0.1) is 11.6 Å². The number of amides is 1. The number of hydrogen-bond donors (Lipinski definition) is 0. The van der Waals surface area contributed by atoms with E-state index in [1.807, 2.05) is 37.3 Å². The molecule has 0 N–H and O–H groups in total. The number of carbonyl (C=O) groups excluding carboxylic acids is 2. The fraction of sp³-hybridized carbons (Fsp3) is 0.190. The zero-order valence-corrected chi connectivity index (χ0v) is 15.2. The van der Waals surface area contributed by atoms with Crippen LogP contribution in [0.1, 0.15) is 22.3 Å². The molecule has 0 radical (unpaired) electrons. The summed E-state index contributed by atoms with van der Waals surface area (Å²) in [5.74, 6) is -0.389. The SMILES string of the molecule is CN(C)C=O.Cc1ccc(/C=C/C(=O)OCc2ccc(C#N)cc2)cc1. The molecule has 0 saturated heterocycles. The molecule has 0 aliphatic heterocycles. The number of nitriles is 1. The Kier molecular flexibility index (Phi) is 8.91. The molecule has 0 atom stereocenters. The average Bonchev–Trinajstić information content (AvgIpc) is 2.66. The Morgan fingerprint density at radius 2 is 1.69 bits per heavy atom. The quantitative estimate of drug-likeness (QED) is 0.471. The van der Waals surface area contributed by atoms with Gasteiger partial charge in [0.15, 0.2) is 0 Å². The molecule has 0 aliphatic carbocycles. The Bertz CT molecular complexity index is 770. The van der Waals surface area contributed by atoms with Crippen molar-refractivity contribution in [1.82, 2.24) is 4.90 Å². The lowest BCUT2D eigenvalue weighted by atomic mass is 10.1. The van der Waals surface area contributed by atoms with Gasteiger partial charge in [0, 0.05) is 20.2 Å². The van der Waals surface area contributed by atoms with E-state index in [1.54, 1.807) is 44.4 Å². The highest BCUT2D eigenvalue weighted by Crippen LogP contribution is 2.07. The molecule has 5 heteroatoms. The zero-order valence-electron chi connectivity index (χ0n) is 15.2. The minimum absolute atomic E-state index is 0.197. The first-order valence-electron chi connectivity index (χ1n) is 7.97. The molecule has 0 saturated carbocycles. The van der Waals surface area contributed by atoms with E-state index in [2.05, 4.69) is 0 Å². The van der Waals surface area contributed by atoms with Crippen molar-refractivity contribution < 1.29 is 14.3 Å². The van der Waals surface area contributed by atoms with Crippen LogP contribution in [0.25, 0.3) is 6.08 Å². The lowest BCUT2D eigenvalue weighted by molar-refractivity contribution is -0.138. The maximum Gasteiger partial charge on any atom is 0.331 e. The van der Waals surface area contributed by atoms with E-state index in [0.29, 0.717) is 5.56 Å². The number of benzene rings is 2. The van der Waals surface area contributed by atoms with E-state index >= 15 is 0 Å². The molecule has 2 aromatic carbocycles. The lowest BCUT2D eigenvalue weighted by Gasteiger charge is -2.02. The summed E-state index contributed by atoms with van der Waals surface area (Å²) in [5.41, 5.74) is 3.57. The second-order valence-electron chi connectivity index (χ2n) is 5.73. The van der Waals surface area contributed by atoms with Gasteiger partial charge in [-0.1, -0.05) is 42.0 Å². The molecule has 2 rings (SSSR count). The summed E-state index contributed by atoms with van der Waals surface area (Å²) in [7, 11) is 3.38. The number of aryl methyl sites for hydroxylation is 1. The van der Waals surface area contributed by atoms with Crippen LogP contribution in [0.3, 0.4) is 0 Å². The van der Waals surface area contributed by atoms with Crippen LogP contribution in [-0.4, -0.2) is 31.4 Å². The average molecular weight is 350 g/mol. The van der Waals surface area contributed by atoms with Crippen molar-refractivity contribution in [3.63, 3.8) is 0 Å². The molecule has 0 spiro atoms. The van der Waals surface area contributed by atoms with Gasteiger partial charge in [-0.25, -0.2) is 4.79 Å². The summed E-state index contributed by atoms with van der Waals surface area (Å²) < 4.78 is 5.14. The number of carbonyl (C=O) groups is 2. The predicted octanol–water partition coefficient (Wildman–Crippen LogP) is 3.33. The maximum atomic E-state index is 11.6. The fourth-order valence-electron chi connectivity index (χ4n) is 1.72. The molecule has 0 bridgehead atoms. The minimum Gasteiger partial charge on any atom is -0.458 e. The Labute approximate surface area is 154 Å². The molecule has 0 unspecified atom stereocenters. The normalized spacial score (nSPS) is 9.62. The van der Waals surface area contributed by atoms with E-state index < -0.39 is 0 Å². The van der Waals surface area contributed by atoms with Gasteiger partial charge >= 0.3 is 5.97 Å². The number of ether oxygens (including phenoxy) is 1. The van der Waals surface area contributed by atoms with Gasteiger partial charge in [-0.3, -0.25) is 4.79 Å². The molecule has 0 heterocycles. The number of rotatable bonds is 5. The molecule has 0 aromatic heterocycles. The molecule has 0 fully saturated rings. The first-order valence-corrected chi connectivity index (χ1v) is 7.97. The highest BCUT2D eigenvalue weighted by molar-refractivity contribution is 5.87. The van der Waals surface area contributed by atoms with Gasteiger partial charge in [0.2, 0.25) is 6.41 Å². The maximum absolute atomic E-state index is 11.6. The van der Waals surface area contributed by atoms with E-state index in [-0.39, 0.29) is 12.6 Å². The Morgan fingerprint density at radius 3 is 2.19 bits per heavy atom. The van der Waals surface area contributed by atoms with Gasteiger partial charge in [-0.2, -0.15) is 5.26 Å². The number of esters is 1. The summed E-state index contributed by atoms with van der Waals surface area (Å²) >= 11 is 0. The van der Waals surface area contributed by atoms with Crippen LogP contribution in [0.4, 0.5) is 0 Å². The van der Waals surface area contributed by atoms with Gasteiger partial charge in [0.25, 0.3) is 0 Å². The number of nitrogens with zero attached hydrogens (tertiary/aromatic N) is 2. The highest BCUT2D eigenvalue weighted by atomic mass is 16.5. The summed E-state index contributed by atoms with van der Waals surface area (Å²) in [4.78, 5) is 22.5. The van der Waals surface area contributed by atoms with Crippen molar-refractivity contribution in [2.45, 2.75) is 13.5 Å². The van der Waals surface area contributed by atoms with Crippen LogP contribution in [0.15, 0.2) is 54.6 Å². The lowest BCUT2D eigenvalue weighted by Crippen LogP contribution is -2.06. The van der Waals surface area contributed by atoms with Crippen LogP contribution in [0.2, 0.25) is 0 Å². The monoisotopic (exact) mass is 350 g/mol. The molecular weight excluding hydrogens is 328 g/mol. The van der Waals surface area contributed by atoms with Crippen LogP contribution < -0.4 is 0 Å². The standard InChI is InChI=1S/C18H15NO2.C3H7NO/c1-14-2-4-15(5-3-14)10-11-18(20)21-13-17-8-6-16(12-19)7-9-17;1-4(2)3-5/h2-11H,13H2,1H3;3H,1-2H3/b11-10+;. The summed E-state index contributed by atoms with van der Waals surface area (Å²) in [6.07, 6.45) is 3.88. The van der Waals surface area contributed by atoms with Crippen molar-refractivity contribution in [3.05, 3.63) is 76.9 Å². The third-order valence-corrected chi connectivity index (χ3v) is 3.16. The second kappa shape index (κ2) is 11.2. The first-order chi connectivity index (χ1) is 12.4. The Morgan fingerprint density at radius 1 is 1.12 bits per heavy atom. The van der Waals surface area contributed by atoms with Crippen molar-refractivity contribution >= 4 is 18.5 Å². The molecule has 5 nitrogen and oxygen atoms in total. The van der Waals surface area contributed by atoms with Crippen molar-refractivity contribution in [2.24, 2.45) is 0 Å². The van der Waals surface area contributed by atoms with E-state index in [9.17, 15) is 9.59 Å². The van der Waals surface area contributed by atoms with Gasteiger partial charge in [-0.15, -0.1) is 0 Å². The van der Waals surface area contributed by atoms with Crippen molar-refractivity contribution in [2.75, 3.05) is 14.1 Å². The molecule has 2 aromatic rings. The summed E-state index contributed by atoms with van der Waals surface area (Å²) in [6.45, 7) is 2.21. The molecule has 26 heavy (non-hydrogen) atoms. The topological polar surface area (TPSA) is 70.4 Å². The predicted molar refractivity (Wildman–Crippen MR) is 101 cm³/mol. The van der Waals surface area contributed by atoms with Gasteiger partial charge < -0.3 is 9.64 Å². The van der Waals surface area contributed by atoms with Crippen molar-refractivity contribution in [1.29, 1.82) is 5.26 Å².